The Morgan fingerprint density at radius 3 is 2.72 bits per heavy atom. The highest BCUT2D eigenvalue weighted by Gasteiger charge is 2.36. The average molecular weight is 268 g/mol. The van der Waals surface area contributed by atoms with Crippen molar-refractivity contribution in [1.29, 1.82) is 0 Å². The Hall–Kier alpha value is -1.21. The lowest BCUT2D eigenvalue weighted by atomic mass is 10.3. The first-order valence-electron chi connectivity index (χ1n) is 6.26. The lowest BCUT2D eigenvalue weighted by molar-refractivity contribution is -0.132. The molecule has 3 rings (SSSR count). The van der Waals surface area contributed by atoms with Crippen LogP contribution < -0.4 is 4.90 Å². The van der Waals surface area contributed by atoms with E-state index in [2.05, 4.69) is 21.2 Å². The number of carbonyl (C=O) groups is 1. The molecule has 7 heteroatoms. The summed E-state index contributed by atoms with van der Waals surface area (Å²) in [7, 11) is 0. The van der Waals surface area contributed by atoms with Gasteiger partial charge in [0.05, 0.1) is 6.61 Å². The minimum atomic E-state index is -0.162. The summed E-state index contributed by atoms with van der Waals surface area (Å²) in [6.07, 6.45) is 0.707. The number of epoxide rings is 1. The third-order valence-electron chi connectivity index (χ3n) is 3.24. The second-order valence-corrected chi connectivity index (χ2v) is 5.21. The number of carbonyl (C=O) groups excluding carboxylic acids is 1. The van der Waals surface area contributed by atoms with E-state index in [-0.39, 0.29) is 12.0 Å². The lowest BCUT2D eigenvalue weighted by Gasteiger charge is -2.34. The number of nitrogens with zero attached hydrogens (tertiary/aromatic N) is 4. The number of anilines is 1. The monoisotopic (exact) mass is 268 g/mol. The van der Waals surface area contributed by atoms with Gasteiger partial charge in [-0.3, -0.25) is 4.79 Å². The third kappa shape index (κ3) is 2.32. The third-order valence-corrected chi connectivity index (χ3v) is 4.06. The van der Waals surface area contributed by atoms with Crippen LogP contribution in [0.4, 0.5) is 5.13 Å². The fourth-order valence-electron chi connectivity index (χ4n) is 2.03. The minimum Gasteiger partial charge on any atom is -0.363 e. The molecule has 18 heavy (non-hydrogen) atoms. The lowest BCUT2D eigenvalue weighted by Crippen LogP contribution is -2.50. The Bertz CT molecular complexity index is 438. The van der Waals surface area contributed by atoms with E-state index in [0.717, 1.165) is 43.6 Å². The van der Waals surface area contributed by atoms with Gasteiger partial charge in [0.25, 0.3) is 5.91 Å². The molecule has 2 saturated heterocycles. The molecule has 0 radical (unpaired) electrons. The van der Waals surface area contributed by atoms with E-state index < -0.39 is 0 Å². The Morgan fingerprint density at radius 2 is 2.17 bits per heavy atom. The van der Waals surface area contributed by atoms with Crippen LogP contribution in [0.5, 0.6) is 0 Å². The van der Waals surface area contributed by atoms with E-state index in [1.54, 1.807) is 0 Å². The molecule has 2 aliphatic heterocycles. The maximum absolute atomic E-state index is 11.8. The van der Waals surface area contributed by atoms with Crippen molar-refractivity contribution in [3.8, 4) is 0 Å². The van der Waals surface area contributed by atoms with E-state index in [1.165, 1.54) is 11.5 Å². The highest BCUT2D eigenvalue weighted by molar-refractivity contribution is 7.09. The van der Waals surface area contributed by atoms with Gasteiger partial charge in [-0.1, -0.05) is 6.92 Å². The summed E-state index contributed by atoms with van der Waals surface area (Å²) in [5.41, 5.74) is 0. The van der Waals surface area contributed by atoms with Crippen molar-refractivity contribution in [2.45, 2.75) is 19.4 Å². The Balaban J connectivity index is 1.57. The second-order valence-electron chi connectivity index (χ2n) is 4.48. The van der Waals surface area contributed by atoms with Crippen LogP contribution in [0.3, 0.4) is 0 Å². The molecule has 0 bridgehead atoms. The molecule has 0 spiro atoms. The van der Waals surface area contributed by atoms with E-state index >= 15 is 0 Å². The van der Waals surface area contributed by atoms with Crippen molar-refractivity contribution in [3.63, 3.8) is 0 Å². The van der Waals surface area contributed by atoms with Crippen LogP contribution in [0.15, 0.2) is 0 Å². The number of ether oxygens (including phenoxy) is 1. The molecule has 1 atom stereocenters. The van der Waals surface area contributed by atoms with Crippen molar-refractivity contribution in [3.05, 3.63) is 5.82 Å². The molecule has 0 saturated carbocycles. The molecule has 0 aromatic carbocycles. The summed E-state index contributed by atoms with van der Waals surface area (Å²) < 4.78 is 9.32. The van der Waals surface area contributed by atoms with Crippen molar-refractivity contribution < 1.29 is 9.53 Å². The molecule has 0 aliphatic carbocycles. The number of hydrogen-bond acceptors (Lipinski definition) is 6. The molecule has 2 fully saturated rings. The zero-order valence-electron chi connectivity index (χ0n) is 10.3. The topological polar surface area (TPSA) is 61.9 Å². The second kappa shape index (κ2) is 4.81. The van der Waals surface area contributed by atoms with Crippen molar-refractivity contribution in [1.82, 2.24) is 14.3 Å². The van der Waals surface area contributed by atoms with Crippen LogP contribution in [-0.4, -0.2) is 59.1 Å². The molecule has 1 aromatic rings. The Kier molecular flexibility index (Phi) is 3.17. The Labute approximate surface area is 110 Å². The van der Waals surface area contributed by atoms with Crippen molar-refractivity contribution in [2.24, 2.45) is 0 Å². The normalized spacial score (nSPS) is 23.3. The van der Waals surface area contributed by atoms with Gasteiger partial charge in [-0.15, -0.1) is 0 Å². The smallest absolute Gasteiger partial charge is 0.254 e. The van der Waals surface area contributed by atoms with Crippen molar-refractivity contribution in [2.75, 3.05) is 37.7 Å². The molecular weight excluding hydrogens is 252 g/mol. The average Bonchev–Trinajstić information content (AvgIpc) is 3.16. The van der Waals surface area contributed by atoms with Gasteiger partial charge in [0.15, 0.2) is 6.10 Å². The van der Waals surface area contributed by atoms with Crippen LogP contribution in [0, 0.1) is 0 Å². The van der Waals surface area contributed by atoms with E-state index in [1.807, 2.05) is 4.90 Å². The van der Waals surface area contributed by atoms with Gasteiger partial charge in [0.2, 0.25) is 5.13 Å². The summed E-state index contributed by atoms with van der Waals surface area (Å²) >= 11 is 1.45. The predicted molar refractivity (Wildman–Crippen MR) is 67.8 cm³/mol. The largest absolute Gasteiger partial charge is 0.363 e. The summed E-state index contributed by atoms with van der Waals surface area (Å²) in [6, 6.07) is 0. The first-order valence-corrected chi connectivity index (χ1v) is 7.03. The Morgan fingerprint density at radius 1 is 1.44 bits per heavy atom. The molecule has 1 aromatic heterocycles. The zero-order chi connectivity index (χ0) is 12.5. The first kappa shape index (κ1) is 11.9. The molecule has 98 valence electrons. The van der Waals surface area contributed by atoms with Gasteiger partial charge in [-0.25, -0.2) is 4.98 Å². The summed E-state index contributed by atoms with van der Waals surface area (Å²) in [6.45, 7) is 5.81. The van der Waals surface area contributed by atoms with Gasteiger partial charge >= 0.3 is 0 Å². The zero-order valence-corrected chi connectivity index (χ0v) is 11.2. The summed E-state index contributed by atoms with van der Waals surface area (Å²) in [5.74, 6) is 1.04. The molecular formula is C11H16N4O2S. The van der Waals surface area contributed by atoms with Crippen LogP contribution in [0.1, 0.15) is 12.7 Å². The fourth-order valence-corrected chi connectivity index (χ4v) is 2.83. The minimum absolute atomic E-state index is 0.140. The van der Waals surface area contributed by atoms with Gasteiger partial charge in [-0.2, -0.15) is 4.37 Å². The fraction of sp³-hybridized carbons (Fsp3) is 0.727. The van der Waals surface area contributed by atoms with Crippen LogP contribution in [0.25, 0.3) is 0 Å². The molecule has 3 heterocycles. The molecule has 6 nitrogen and oxygen atoms in total. The summed E-state index contributed by atoms with van der Waals surface area (Å²) in [5, 5.41) is 0.974. The standard InChI is InChI=1S/C11H16N4O2S/c1-2-9-12-11(18-13-9)15-5-3-14(4-6-15)10(16)8-7-17-8/h8H,2-7H2,1H3. The maximum Gasteiger partial charge on any atom is 0.254 e. The van der Waals surface area contributed by atoms with Gasteiger partial charge in [0.1, 0.15) is 5.82 Å². The maximum atomic E-state index is 11.8. The molecule has 1 amide bonds. The van der Waals surface area contributed by atoms with Gasteiger partial charge in [-0.05, 0) is 0 Å². The SMILES string of the molecule is CCc1nsc(N2CCN(C(=O)C3CO3)CC2)n1. The van der Waals surface area contributed by atoms with E-state index in [9.17, 15) is 4.79 Å². The number of piperazine rings is 1. The van der Waals surface area contributed by atoms with Crippen LogP contribution in [-0.2, 0) is 16.0 Å². The number of amides is 1. The number of aryl methyl sites for hydroxylation is 1. The summed E-state index contributed by atoms with van der Waals surface area (Å²) in [4.78, 5) is 20.4. The highest BCUT2D eigenvalue weighted by atomic mass is 32.1. The highest BCUT2D eigenvalue weighted by Crippen LogP contribution is 2.20. The predicted octanol–water partition coefficient (Wildman–Crippen LogP) is 0.148. The van der Waals surface area contributed by atoms with E-state index in [0.29, 0.717) is 6.61 Å². The van der Waals surface area contributed by atoms with E-state index in [4.69, 9.17) is 4.74 Å². The number of hydrogen-bond donors (Lipinski definition) is 0. The molecule has 2 aliphatic rings. The van der Waals surface area contributed by atoms with Gasteiger partial charge < -0.3 is 14.5 Å². The van der Waals surface area contributed by atoms with Crippen molar-refractivity contribution >= 4 is 22.6 Å². The number of rotatable bonds is 3. The quantitative estimate of drug-likeness (QED) is 0.730. The molecule has 1 unspecified atom stereocenters. The van der Waals surface area contributed by atoms with Crippen LogP contribution in [0.2, 0.25) is 0 Å². The first-order chi connectivity index (χ1) is 8.78. The van der Waals surface area contributed by atoms with Gasteiger partial charge in [0, 0.05) is 44.1 Å². The van der Waals surface area contributed by atoms with Crippen LogP contribution >= 0.6 is 11.5 Å². The molecule has 0 N–H and O–H groups in total. The number of aromatic nitrogens is 2.